The summed E-state index contributed by atoms with van der Waals surface area (Å²) in [7, 11) is 0. The molecule has 4 heteroatoms. The van der Waals surface area contributed by atoms with Crippen LogP contribution in [0.25, 0.3) is 0 Å². The molecule has 0 atom stereocenters. The third-order valence-corrected chi connectivity index (χ3v) is 4.83. The lowest BCUT2D eigenvalue weighted by molar-refractivity contribution is -0.151. The van der Waals surface area contributed by atoms with Gasteiger partial charge in [0.15, 0.2) is 5.79 Å². The molecule has 2 fully saturated rings. The smallest absolute Gasteiger partial charge is 0.194 e. The molecule has 1 aromatic carbocycles. The molecule has 116 valence electrons. The monoisotopic (exact) mass is 293 g/mol. The molecule has 2 aliphatic heterocycles. The van der Waals surface area contributed by atoms with Crippen LogP contribution in [0, 0.1) is 5.82 Å². The van der Waals surface area contributed by atoms with Gasteiger partial charge >= 0.3 is 0 Å². The number of hydrogen-bond acceptors (Lipinski definition) is 3. The minimum absolute atomic E-state index is 0.142. The lowest BCUT2D eigenvalue weighted by Gasteiger charge is -2.32. The van der Waals surface area contributed by atoms with Gasteiger partial charge in [0, 0.05) is 5.56 Å². The summed E-state index contributed by atoms with van der Waals surface area (Å²) in [6.07, 6.45) is 2.04. The van der Waals surface area contributed by atoms with Crippen molar-refractivity contribution in [1.29, 1.82) is 0 Å². The van der Waals surface area contributed by atoms with Gasteiger partial charge < -0.3 is 14.4 Å². The molecule has 0 N–H and O–H groups in total. The zero-order valence-corrected chi connectivity index (χ0v) is 12.9. The number of likely N-dealkylation sites (tertiary alicyclic amines) is 1. The molecule has 2 heterocycles. The molecular weight excluding hydrogens is 269 g/mol. The van der Waals surface area contributed by atoms with E-state index in [0.717, 1.165) is 38.0 Å². The molecule has 0 aromatic heterocycles. The zero-order chi connectivity index (χ0) is 14.9. The van der Waals surface area contributed by atoms with E-state index in [2.05, 4.69) is 11.8 Å². The molecule has 21 heavy (non-hydrogen) atoms. The van der Waals surface area contributed by atoms with Crippen LogP contribution < -0.4 is 0 Å². The average molecular weight is 293 g/mol. The van der Waals surface area contributed by atoms with E-state index in [-0.39, 0.29) is 5.82 Å². The van der Waals surface area contributed by atoms with Gasteiger partial charge in [0.2, 0.25) is 0 Å². The normalized spacial score (nSPS) is 23.6. The molecule has 0 unspecified atom stereocenters. The first kappa shape index (κ1) is 14.9. The Morgan fingerprint density at radius 2 is 1.90 bits per heavy atom. The summed E-state index contributed by atoms with van der Waals surface area (Å²) < 4.78 is 26.2. The highest BCUT2D eigenvalue weighted by Crippen LogP contribution is 2.37. The van der Waals surface area contributed by atoms with Gasteiger partial charge in [-0.2, -0.15) is 0 Å². The van der Waals surface area contributed by atoms with Crippen molar-refractivity contribution < 1.29 is 13.9 Å². The molecule has 3 rings (SSSR count). The van der Waals surface area contributed by atoms with Crippen LogP contribution in [0.5, 0.6) is 0 Å². The maximum absolute atomic E-state index is 15.0. The SMILES string of the molecule is CCN1CCC(c2cccc(C3(C)OCCO3)c2F)CC1. The summed E-state index contributed by atoms with van der Waals surface area (Å²) in [5.41, 5.74) is 1.36. The van der Waals surface area contributed by atoms with Crippen molar-refractivity contribution in [1.82, 2.24) is 4.90 Å². The Morgan fingerprint density at radius 1 is 1.24 bits per heavy atom. The zero-order valence-electron chi connectivity index (χ0n) is 12.9. The Balaban J connectivity index is 1.84. The predicted molar refractivity (Wildman–Crippen MR) is 79.7 cm³/mol. The summed E-state index contributed by atoms with van der Waals surface area (Å²) in [4.78, 5) is 2.42. The summed E-state index contributed by atoms with van der Waals surface area (Å²) in [6.45, 7) is 8.21. The van der Waals surface area contributed by atoms with Crippen LogP contribution in [0.15, 0.2) is 18.2 Å². The number of benzene rings is 1. The van der Waals surface area contributed by atoms with Gasteiger partial charge in [-0.3, -0.25) is 0 Å². The van der Waals surface area contributed by atoms with Gasteiger partial charge in [-0.05, 0) is 50.9 Å². The lowest BCUT2D eigenvalue weighted by Crippen LogP contribution is -2.33. The highest BCUT2D eigenvalue weighted by molar-refractivity contribution is 5.32. The molecule has 1 aromatic rings. The second-order valence-corrected chi connectivity index (χ2v) is 6.06. The minimum Gasteiger partial charge on any atom is -0.344 e. The third kappa shape index (κ3) is 2.85. The van der Waals surface area contributed by atoms with Crippen molar-refractivity contribution in [3.05, 3.63) is 35.1 Å². The van der Waals surface area contributed by atoms with Crippen molar-refractivity contribution >= 4 is 0 Å². The average Bonchev–Trinajstić information content (AvgIpc) is 2.95. The van der Waals surface area contributed by atoms with Crippen molar-refractivity contribution in [2.24, 2.45) is 0 Å². The molecular formula is C17H24FNO2. The fourth-order valence-corrected chi connectivity index (χ4v) is 3.45. The van der Waals surface area contributed by atoms with Crippen molar-refractivity contribution in [3.63, 3.8) is 0 Å². The fraction of sp³-hybridized carbons (Fsp3) is 0.647. The Bertz CT molecular complexity index is 492. The predicted octanol–water partition coefficient (Wildman–Crippen LogP) is 3.24. The molecule has 0 spiro atoms. The maximum Gasteiger partial charge on any atom is 0.194 e. The Labute approximate surface area is 126 Å². The molecule has 2 aliphatic rings. The van der Waals surface area contributed by atoms with Crippen LogP contribution in [0.1, 0.15) is 43.7 Å². The number of nitrogens with zero attached hydrogens (tertiary/aromatic N) is 1. The van der Waals surface area contributed by atoms with Gasteiger partial charge in [0.05, 0.1) is 13.2 Å². The first-order valence-electron chi connectivity index (χ1n) is 7.93. The van der Waals surface area contributed by atoms with E-state index in [1.807, 2.05) is 19.1 Å². The minimum atomic E-state index is -0.926. The molecule has 0 saturated carbocycles. The number of halogens is 1. The van der Waals surface area contributed by atoms with Crippen LogP contribution in [0.2, 0.25) is 0 Å². The molecule has 2 saturated heterocycles. The number of ether oxygens (including phenoxy) is 2. The van der Waals surface area contributed by atoms with Crippen molar-refractivity contribution in [2.45, 2.75) is 38.4 Å². The third-order valence-electron chi connectivity index (χ3n) is 4.83. The molecule has 0 amide bonds. The Hall–Kier alpha value is -0.970. The lowest BCUT2D eigenvalue weighted by atomic mass is 9.87. The van der Waals surface area contributed by atoms with Crippen LogP contribution in [0.3, 0.4) is 0 Å². The van der Waals surface area contributed by atoms with Crippen LogP contribution in [-0.4, -0.2) is 37.7 Å². The van der Waals surface area contributed by atoms with E-state index in [9.17, 15) is 4.39 Å². The summed E-state index contributed by atoms with van der Waals surface area (Å²) >= 11 is 0. The molecule has 0 bridgehead atoms. The van der Waals surface area contributed by atoms with E-state index >= 15 is 0 Å². The summed E-state index contributed by atoms with van der Waals surface area (Å²) in [5.74, 6) is -0.765. The van der Waals surface area contributed by atoms with Gasteiger partial charge in [-0.1, -0.05) is 25.1 Å². The van der Waals surface area contributed by atoms with E-state index in [0.29, 0.717) is 24.7 Å². The Kier molecular flexibility index (Phi) is 4.29. The number of rotatable bonds is 3. The first-order chi connectivity index (χ1) is 10.1. The van der Waals surface area contributed by atoms with Gasteiger partial charge in [-0.15, -0.1) is 0 Å². The fourth-order valence-electron chi connectivity index (χ4n) is 3.45. The van der Waals surface area contributed by atoms with Crippen LogP contribution in [0.4, 0.5) is 4.39 Å². The van der Waals surface area contributed by atoms with Gasteiger partial charge in [0.1, 0.15) is 5.82 Å². The van der Waals surface area contributed by atoms with Crippen molar-refractivity contribution in [3.8, 4) is 0 Å². The largest absolute Gasteiger partial charge is 0.344 e. The number of hydrogen-bond donors (Lipinski definition) is 0. The van der Waals surface area contributed by atoms with Crippen LogP contribution >= 0.6 is 0 Å². The Morgan fingerprint density at radius 3 is 2.52 bits per heavy atom. The van der Waals surface area contributed by atoms with Gasteiger partial charge in [0.25, 0.3) is 0 Å². The maximum atomic E-state index is 15.0. The van der Waals surface area contributed by atoms with Gasteiger partial charge in [-0.25, -0.2) is 4.39 Å². The topological polar surface area (TPSA) is 21.7 Å². The highest BCUT2D eigenvalue weighted by Gasteiger charge is 2.37. The second-order valence-electron chi connectivity index (χ2n) is 6.06. The van der Waals surface area contributed by atoms with E-state index < -0.39 is 5.79 Å². The number of piperidine rings is 1. The first-order valence-corrected chi connectivity index (χ1v) is 7.93. The van der Waals surface area contributed by atoms with E-state index in [4.69, 9.17) is 9.47 Å². The van der Waals surface area contributed by atoms with E-state index in [1.165, 1.54) is 0 Å². The van der Waals surface area contributed by atoms with Crippen molar-refractivity contribution in [2.75, 3.05) is 32.8 Å². The summed E-state index contributed by atoms with van der Waals surface area (Å²) in [5, 5.41) is 0. The van der Waals surface area contributed by atoms with Crippen LogP contribution in [-0.2, 0) is 15.3 Å². The highest BCUT2D eigenvalue weighted by atomic mass is 19.1. The van der Waals surface area contributed by atoms with E-state index in [1.54, 1.807) is 6.07 Å². The summed E-state index contributed by atoms with van der Waals surface area (Å²) in [6, 6.07) is 5.63. The molecule has 0 radical (unpaired) electrons. The molecule has 0 aliphatic carbocycles. The second kappa shape index (κ2) is 6.03. The quantitative estimate of drug-likeness (QED) is 0.854. The molecule has 3 nitrogen and oxygen atoms in total. The standard InChI is InChI=1S/C17H24FNO2/c1-3-19-9-7-13(8-10-19)14-5-4-6-15(16(14)18)17(2)20-11-12-21-17/h4-6,13H,3,7-12H2,1-2H3.